The molecule has 0 aliphatic rings. The van der Waals surface area contributed by atoms with Crippen LogP contribution in [0, 0.1) is 5.82 Å². The molecular formula is C14H15FN2O3. The quantitative estimate of drug-likeness (QED) is 0.913. The van der Waals surface area contributed by atoms with Crippen molar-refractivity contribution in [2.75, 3.05) is 7.11 Å². The Morgan fingerprint density at radius 3 is 2.75 bits per heavy atom. The Morgan fingerprint density at radius 2 is 2.20 bits per heavy atom. The van der Waals surface area contributed by atoms with Crippen molar-refractivity contribution in [2.45, 2.75) is 19.9 Å². The summed E-state index contributed by atoms with van der Waals surface area (Å²) in [7, 11) is 1.39. The number of hydrogen-bond acceptors (Lipinski definition) is 3. The van der Waals surface area contributed by atoms with E-state index in [1.54, 1.807) is 6.07 Å². The number of carboxylic acid groups (broad SMARTS) is 1. The van der Waals surface area contributed by atoms with Crippen LogP contribution in [0.2, 0.25) is 0 Å². The molecule has 0 aliphatic heterocycles. The number of carbonyl (C=O) groups is 1. The summed E-state index contributed by atoms with van der Waals surface area (Å²) >= 11 is 0. The number of rotatable bonds is 5. The highest BCUT2D eigenvalue weighted by Crippen LogP contribution is 2.25. The van der Waals surface area contributed by atoms with Gasteiger partial charge in [-0.15, -0.1) is 0 Å². The van der Waals surface area contributed by atoms with Crippen molar-refractivity contribution < 1.29 is 19.0 Å². The van der Waals surface area contributed by atoms with E-state index in [9.17, 15) is 9.18 Å². The number of carboxylic acids is 1. The fourth-order valence-corrected chi connectivity index (χ4v) is 1.94. The predicted octanol–water partition coefficient (Wildman–Crippen LogP) is 2.81. The number of ether oxygens (including phenoxy) is 1. The summed E-state index contributed by atoms with van der Waals surface area (Å²) in [6.07, 6.45) is 0.762. The highest BCUT2D eigenvalue weighted by Gasteiger charge is 2.15. The van der Waals surface area contributed by atoms with Crippen LogP contribution in [0.15, 0.2) is 24.3 Å². The van der Waals surface area contributed by atoms with E-state index in [0.717, 1.165) is 6.42 Å². The zero-order chi connectivity index (χ0) is 14.7. The van der Waals surface area contributed by atoms with Gasteiger partial charge in [0.15, 0.2) is 11.6 Å². The minimum Gasteiger partial charge on any atom is -0.494 e. The standard InChI is InChI=1S/C14H15FN2O3/c1-3-6-17-12(14(18)19)8-11(16-17)9-4-5-13(20-2)10(15)7-9/h4-5,7-8H,3,6H2,1-2H3,(H,18,19). The van der Waals surface area contributed by atoms with Crippen molar-refractivity contribution in [3.8, 4) is 17.0 Å². The monoisotopic (exact) mass is 278 g/mol. The second kappa shape index (κ2) is 5.73. The second-order valence-electron chi connectivity index (χ2n) is 4.29. The van der Waals surface area contributed by atoms with Gasteiger partial charge in [-0.3, -0.25) is 4.68 Å². The SMILES string of the molecule is CCCn1nc(-c2ccc(OC)c(F)c2)cc1C(=O)O. The van der Waals surface area contributed by atoms with Crippen LogP contribution in [0.3, 0.4) is 0 Å². The van der Waals surface area contributed by atoms with Crippen molar-refractivity contribution in [1.82, 2.24) is 9.78 Å². The Kier molecular flexibility index (Phi) is 4.02. The van der Waals surface area contributed by atoms with Crippen LogP contribution in [0.4, 0.5) is 4.39 Å². The summed E-state index contributed by atoms with van der Waals surface area (Å²) < 4.78 is 19.9. The van der Waals surface area contributed by atoms with Crippen LogP contribution in [-0.2, 0) is 6.54 Å². The van der Waals surface area contributed by atoms with Crippen LogP contribution in [0.25, 0.3) is 11.3 Å². The number of halogens is 1. The molecule has 6 heteroatoms. The molecule has 2 aromatic rings. The van der Waals surface area contributed by atoms with Crippen LogP contribution < -0.4 is 4.74 Å². The Balaban J connectivity index is 2.44. The van der Waals surface area contributed by atoms with Gasteiger partial charge in [-0.25, -0.2) is 9.18 Å². The maximum absolute atomic E-state index is 13.7. The molecule has 0 saturated carbocycles. The number of aromatic carboxylic acids is 1. The smallest absolute Gasteiger partial charge is 0.354 e. The second-order valence-corrected chi connectivity index (χ2v) is 4.29. The summed E-state index contributed by atoms with van der Waals surface area (Å²) in [6, 6.07) is 5.86. The van der Waals surface area contributed by atoms with Gasteiger partial charge in [0.05, 0.1) is 12.8 Å². The predicted molar refractivity (Wildman–Crippen MR) is 71.4 cm³/mol. The van der Waals surface area contributed by atoms with Crippen LogP contribution >= 0.6 is 0 Å². The molecule has 2 rings (SSSR count). The molecule has 5 nitrogen and oxygen atoms in total. The van der Waals surface area contributed by atoms with E-state index in [-0.39, 0.29) is 11.4 Å². The van der Waals surface area contributed by atoms with Crippen molar-refractivity contribution in [2.24, 2.45) is 0 Å². The van der Waals surface area contributed by atoms with Crippen molar-refractivity contribution >= 4 is 5.97 Å². The Bertz CT molecular complexity index is 637. The highest BCUT2D eigenvalue weighted by molar-refractivity contribution is 5.87. The summed E-state index contributed by atoms with van der Waals surface area (Å²) in [5.41, 5.74) is 1.04. The molecule has 0 radical (unpaired) electrons. The number of aryl methyl sites for hydroxylation is 1. The van der Waals surface area contributed by atoms with Gasteiger partial charge in [0.25, 0.3) is 0 Å². The van der Waals surface area contributed by atoms with Gasteiger partial charge in [-0.05, 0) is 30.7 Å². The minimum atomic E-state index is -1.05. The van der Waals surface area contributed by atoms with E-state index >= 15 is 0 Å². The van der Waals surface area contributed by atoms with E-state index in [1.165, 1.54) is 30.0 Å². The van der Waals surface area contributed by atoms with E-state index in [0.29, 0.717) is 17.8 Å². The zero-order valence-electron chi connectivity index (χ0n) is 11.3. The lowest BCUT2D eigenvalue weighted by Gasteiger charge is -2.03. The molecule has 106 valence electrons. The maximum Gasteiger partial charge on any atom is 0.354 e. The average Bonchev–Trinajstić information content (AvgIpc) is 2.83. The fraction of sp³-hybridized carbons (Fsp3) is 0.286. The van der Waals surface area contributed by atoms with E-state index in [2.05, 4.69) is 5.10 Å². The van der Waals surface area contributed by atoms with Crippen LogP contribution in [0.1, 0.15) is 23.8 Å². The van der Waals surface area contributed by atoms with Crippen molar-refractivity contribution in [3.05, 3.63) is 35.8 Å². The summed E-state index contributed by atoms with van der Waals surface area (Å²) in [4.78, 5) is 11.2. The number of methoxy groups -OCH3 is 1. The third-order valence-electron chi connectivity index (χ3n) is 2.88. The molecular weight excluding hydrogens is 263 g/mol. The molecule has 0 atom stereocenters. The van der Waals surface area contributed by atoms with Gasteiger partial charge < -0.3 is 9.84 Å². The summed E-state index contributed by atoms with van der Waals surface area (Å²) in [5.74, 6) is -1.42. The molecule has 0 bridgehead atoms. The number of aromatic nitrogens is 2. The first-order chi connectivity index (χ1) is 9.56. The molecule has 1 aromatic heterocycles. The van der Waals surface area contributed by atoms with Gasteiger partial charge in [0, 0.05) is 12.1 Å². The van der Waals surface area contributed by atoms with Gasteiger partial charge in [0.2, 0.25) is 0 Å². The molecule has 1 heterocycles. The lowest BCUT2D eigenvalue weighted by Crippen LogP contribution is -2.09. The lowest BCUT2D eigenvalue weighted by molar-refractivity contribution is 0.0683. The summed E-state index contributed by atoms with van der Waals surface area (Å²) in [5, 5.41) is 13.4. The largest absolute Gasteiger partial charge is 0.494 e. The molecule has 20 heavy (non-hydrogen) atoms. The first-order valence-electron chi connectivity index (χ1n) is 6.22. The highest BCUT2D eigenvalue weighted by atomic mass is 19.1. The third-order valence-corrected chi connectivity index (χ3v) is 2.88. The Hall–Kier alpha value is -2.37. The van der Waals surface area contributed by atoms with Crippen molar-refractivity contribution in [3.63, 3.8) is 0 Å². The minimum absolute atomic E-state index is 0.0954. The molecule has 1 N–H and O–H groups in total. The Morgan fingerprint density at radius 1 is 1.45 bits per heavy atom. The van der Waals surface area contributed by atoms with Crippen LogP contribution in [0.5, 0.6) is 5.75 Å². The number of nitrogens with zero attached hydrogens (tertiary/aromatic N) is 2. The lowest BCUT2D eigenvalue weighted by atomic mass is 10.1. The topological polar surface area (TPSA) is 64.4 Å². The molecule has 0 amide bonds. The summed E-state index contributed by atoms with van der Waals surface area (Å²) in [6.45, 7) is 2.43. The fourth-order valence-electron chi connectivity index (χ4n) is 1.94. The number of benzene rings is 1. The number of hydrogen-bond donors (Lipinski definition) is 1. The van der Waals surface area contributed by atoms with E-state index < -0.39 is 11.8 Å². The van der Waals surface area contributed by atoms with Gasteiger partial charge >= 0.3 is 5.97 Å². The zero-order valence-corrected chi connectivity index (χ0v) is 11.3. The van der Waals surface area contributed by atoms with E-state index in [4.69, 9.17) is 9.84 Å². The third kappa shape index (κ3) is 2.64. The molecule has 0 saturated heterocycles. The molecule has 0 spiro atoms. The maximum atomic E-state index is 13.7. The normalized spacial score (nSPS) is 10.6. The average molecular weight is 278 g/mol. The first kappa shape index (κ1) is 14.0. The van der Waals surface area contributed by atoms with E-state index in [1.807, 2.05) is 6.92 Å². The first-order valence-corrected chi connectivity index (χ1v) is 6.22. The van der Waals surface area contributed by atoms with Crippen molar-refractivity contribution in [1.29, 1.82) is 0 Å². The van der Waals surface area contributed by atoms with Gasteiger partial charge in [-0.1, -0.05) is 6.92 Å². The molecule has 0 unspecified atom stereocenters. The van der Waals surface area contributed by atoms with Gasteiger partial charge in [0.1, 0.15) is 5.69 Å². The molecule has 1 aromatic carbocycles. The van der Waals surface area contributed by atoms with Crippen LogP contribution in [-0.4, -0.2) is 28.0 Å². The molecule has 0 fully saturated rings. The Labute approximate surface area is 115 Å². The molecule has 0 aliphatic carbocycles. The van der Waals surface area contributed by atoms with Gasteiger partial charge in [-0.2, -0.15) is 5.10 Å².